The first-order valence-electron chi connectivity index (χ1n) is 7.63. The average molecular weight is 427 g/mol. The SMILES string of the molecule is Cc1nn(Cn2ccc(C(=O)NCCn3cc(Cl)cn3)n2)c(C)c1Br. The minimum atomic E-state index is -0.230. The number of carbonyl (C=O) groups excluding carboxylic acids is 1. The van der Waals surface area contributed by atoms with E-state index in [0.717, 1.165) is 15.9 Å². The number of nitrogens with one attached hydrogen (secondary N) is 1. The normalized spacial score (nSPS) is 11.0. The van der Waals surface area contributed by atoms with Gasteiger partial charge < -0.3 is 5.32 Å². The lowest BCUT2D eigenvalue weighted by atomic mass is 10.4. The molecule has 0 radical (unpaired) electrons. The van der Waals surface area contributed by atoms with Gasteiger partial charge in [0, 0.05) is 18.9 Å². The molecule has 0 saturated carbocycles. The quantitative estimate of drug-likeness (QED) is 0.655. The third-order valence-electron chi connectivity index (χ3n) is 3.67. The van der Waals surface area contributed by atoms with Gasteiger partial charge in [0.2, 0.25) is 0 Å². The zero-order chi connectivity index (χ0) is 18.0. The summed E-state index contributed by atoms with van der Waals surface area (Å²) >= 11 is 9.29. The van der Waals surface area contributed by atoms with Crippen molar-refractivity contribution in [2.45, 2.75) is 27.1 Å². The highest BCUT2D eigenvalue weighted by Crippen LogP contribution is 2.19. The van der Waals surface area contributed by atoms with Crippen molar-refractivity contribution in [3.63, 3.8) is 0 Å². The summed E-state index contributed by atoms with van der Waals surface area (Å²) in [5, 5.41) is 16.2. The van der Waals surface area contributed by atoms with Gasteiger partial charge in [-0.2, -0.15) is 15.3 Å². The fourth-order valence-electron chi connectivity index (χ4n) is 2.35. The van der Waals surface area contributed by atoms with E-state index in [9.17, 15) is 4.79 Å². The van der Waals surface area contributed by atoms with E-state index in [-0.39, 0.29) is 5.91 Å². The van der Waals surface area contributed by atoms with Crippen LogP contribution in [0.15, 0.2) is 29.1 Å². The number of rotatable bonds is 6. The lowest BCUT2D eigenvalue weighted by Gasteiger charge is -2.05. The van der Waals surface area contributed by atoms with Gasteiger partial charge in [-0.15, -0.1) is 0 Å². The molecule has 0 saturated heterocycles. The van der Waals surface area contributed by atoms with Gasteiger partial charge in [0.25, 0.3) is 5.91 Å². The van der Waals surface area contributed by atoms with E-state index in [1.165, 1.54) is 0 Å². The molecule has 0 bridgehead atoms. The molecule has 10 heteroatoms. The van der Waals surface area contributed by atoms with Crippen LogP contribution in [-0.2, 0) is 13.2 Å². The molecule has 3 heterocycles. The molecular formula is C15H17BrClN7O. The minimum Gasteiger partial charge on any atom is -0.349 e. The van der Waals surface area contributed by atoms with Gasteiger partial charge in [-0.3, -0.25) is 14.2 Å². The van der Waals surface area contributed by atoms with Crippen molar-refractivity contribution in [3.05, 3.63) is 51.2 Å². The Labute approximate surface area is 157 Å². The molecule has 0 aliphatic carbocycles. The highest BCUT2D eigenvalue weighted by molar-refractivity contribution is 9.10. The van der Waals surface area contributed by atoms with Gasteiger partial charge >= 0.3 is 0 Å². The van der Waals surface area contributed by atoms with Crippen LogP contribution in [0.3, 0.4) is 0 Å². The summed E-state index contributed by atoms with van der Waals surface area (Å²) in [6.45, 7) is 5.33. The van der Waals surface area contributed by atoms with Gasteiger partial charge in [-0.1, -0.05) is 11.6 Å². The fourth-order valence-corrected chi connectivity index (χ4v) is 2.79. The van der Waals surface area contributed by atoms with E-state index < -0.39 is 0 Å². The first kappa shape index (κ1) is 17.7. The summed E-state index contributed by atoms with van der Waals surface area (Å²) in [6.07, 6.45) is 5.02. The Morgan fingerprint density at radius 1 is 1.32 bits per heavy atom. The summed E-state index contributed by atoms with van der Waals surface area (Å²) in [5.74, 6) is -0.230. The molecule has 8 nitrogen and oxygen atoms in total. The van der Waals surface area contributed by atoms with Crippen LogP contribution in [0, 0.1) is 13.8 Å². The standard InChI is InChI=1S/C15H17BrClN7O/c1-10-14(16)11(2)24(20-10)9-23-5-3-13(21-23)15(25)18-4-6-22-8-12(17)7-19-22/h3,5,7-8H,4,6,9H2,1-2H3,(H,18,25). The smallest absolute Gasteiger partial charge is 0.271 e. The average Bonchev–Trinajstić information content (AvgIpc) is 3.26. The summed E-state index contributed by atoms with van der Waals surface area (Å²) in [6, 6.07) is 1.68. The molecule has 0 aromatic carbocycles. The number of aryl methyl sites for hydroxylation is 1. The molecule has 3 aromatic heterocycles. The summed E-state index contributed by atoms with van der Waals surface area (Å²) in [7, 11) is 0. The molecule has 0 fully saturated rings. The Morgan fingerprint density at radius 2 is 2.12 bits per heavy atom. The van der Waals surface area contributed by atoms with Crippen LogP contribution in [0.1, 0.15) is 21.9 Å². The van der Waals surface area contributed by atoms with E-state index >= 15 is 0 Å². The van der Waals surface area contributed by atoms with Crippen LogP contribution >= 0.6 is 27.5 Å². The molecule has 25 heavy (non-hydrogen) atoms. The van der Waals surface area contributed by atoms with Gasteiger partial charge in [-0.05, 0) is 35.8 Å². The largest absolute Gasteiger partial charge is 0.349 e. The lowest BCUT2D eigenvalue weighted by Crippen LogP contribution is -2.28. The highest BCUT2D eigenvalue weighted by atomic mass is 79.9. The molecule has 1 amide bonds. The number of hydrogen-bond donors (Lipinski definition) is 1. The van der Waals surface area contributed by atoms with Gasteiger partial charge in [0.05, 0.1) is 33.6 Å². The second-order valence-corrected chi connectivity index (χ2v) is 6.77. The first-order valence-corrected chi connectivity index (χ1v) is 8.80. The predicted molar refractivity (Wildman–Crippen MR) is 96.6 cm³/mol. The van der Waals surface area contributed by atoms with E-state index in [1.54, 1.807) is 34.0 Å². The van der Waals surface area contributed by atoms with Crippen LogP contribution in [0.5, 0.6) is 0 Å². The number of hydrogen-bond acceptors (Lipinski definition) is 4. The second-order valence-electron chi connectivity index (χ2n) is 5.54. The molecule has 0 aliphatic rings. The Kier molecular flexibility index (Phi) is 5.24. The van der Waals surface area contributed by atoms with E-state index in [2.05, 4.69) is 36.5 Å². The zero-order valence-corrected chi connectivity index (χ0v) is 16.1. The van der Waals surface area contributed by atoms with Crippen LogP contribution in [0.25, 0.3) is 0 Å². The molecular weight excluding hydrogens is 410 g/mol. The van der Waals surface area contributed by atoms with E-state index in [1.807, 2.05) is 18.5 Å². The number of amides is 1. The lowest BCUT2D eigenvalue weighted by molar-refractivity contribution is 0.0946. The summed E-state index contributed by atoms with van der Waals surface area (Å²) in [5.41, 5.74) is 2.29. The Hall–Kier alpha value is -2.13. The Bertz CT molecular complexity index is 898. The van der Waals surface area contributed by atoms with Gasteiger partial charge in [-0.25, -0.2) is 4.68 Å². The minimum absolute atomic E-state index is 0.230. The topological polar surface area (TPSA) is 82.6 Å². The maximum atomic E-state index is 12.2. The number of carbonyl (C=O) groups is 1. The molecule has 0 aliphatic heterocycles. The third kappa shape index (κ3) is 4.10. The maximum absolute atomic E-state index is 12.2. The first-order chi connectivity index (χ1) is 11.9. The Balaban J connectivity index is 1.56. The number of nitrogens with zero attached hydrogens (tertiary/aromatic N) is 6. The molecule has 0 spiro atoms. The molecule has 1 N–H and O–H groups in total. The number of halogens is 2. The van der Waals surface area contributed by atoms with Crippen molar-refractivity contribution in [3.8, 4) is 0 Å². The van der Waals surface area contributed by atoms with E-state index in [0.29, 0.717) is 30.5 Å². The maximum Gasteiger partial charge on any atom is 0.271 e. The molecule has 3 aromatic rings. The van der Waals surface area contributed by atoms with Crippen LogP contribution in [0.4, 0.5) is 0 Å². The van der Waals surface area contributed by atoms with E-state index in [4.69, 9.17) is 11.6 Å². The van der Waals surface area contributed by atoms with Crippen LogP contribution in [0.2, 0.25) is 5.02 Å². The summed E-state index contributed by atoms with van der Waals surface area (Å²) in [4.78, 5) is 12.2. The predicted octanol–water partition coefficient (Wildman–Crippen LogP) is 2.24. The van der Waals surface area contributed by atoms with Crippen molar-refractivity contribution in [1.82, 2.24) is 34.7 Å². The van der Waals surface area contributed by atoms with Gasteiger partial charge in [0.1, 0.15) is 12.4 Å². The summed E-state index contributed by atoms with van der Waals surface area (Å²) < 4.78 is 6.15. The molecule has 0 atom stereocenters. The van der Waals surface area contributed by atoms with Crippen LogP contribution < -0.4 is 5.32 Å². The zero-order valence-electron chi connectivity index (χ0n) is 13.8. The monoisotopic (exact) mass is 425 g/mol. The molecule has 3 rings (SSSR count). The van der Waals surface area contributed by atoms with Crippen molar-refractivity contribution in [1.29, 1.82) is 0 Å². The van der Waals surface area contributed by atoms with Crippen molar-refractivity contribution >= 4 is 33.4 Å². The fraction of sp³-hybridized carbons (Fsp3) is 0.333. The number of aromatic nitrogens is 6. The third-order valence-corrected chi connectivity index (χ3v) is 5.02. The molecule has 132 valence electrons. The Morgan fingerprint density at radius 3 is 2.76 bits per heavy atom. The van der Waals surface area contributed by atoms with Crippen molar-refractivity contribution in [2.24, 2.45) is 0 Å². The van der Waals surface area contributed by atoms with Crippen molar-refractivity contribution < 1.29 is 4.79 Å². The van der Waals surface area contributed by atoms with Crippen LogP contribution in [-0.4, -0.2) is 41.8 Å². The van der Waals surface area contributed by atoms with Crippen molar-refractivity contribution in [2.75, 3.05) is 6.54 Å². The second kappa shape index (κ2) is 7.40. The van der Waals surface area contributed by atoms with Gasteiger partial charge in [0.15, 0.2) is 0 Å². The molecule has 0 unspecified atom stereocenters. The highest BCUT2D eigenvalue weighted by Gasteiger charge is 2.12.